The molecule has 0 aliphatic carbocycles. The highest BCUT2D eigenvalue weighted by Crippen LogP contribution is 2.18. The molecule has 0 aliphatic heterocycles. The van der Waals surface area contributed by atoms with E-state index in [1.807, 2.05) is 22.4 Å². The Labute approximate surface area is 110 Å². The highest BCUT2D eigenvalue weighted by Gasteiger charge is 2.12. The lowest BCUT2D eigenvalue weighted by atomic mass is 10.2. The van der Waals surface area contributed by atoms with Crippen LogP contribution in [-0.2, 0) is 6.54 Å². The number of para-hydroxylation sites is 1. The number of hydrogen-bond donors (Lipinski definition) is 1. The van der Waals surface area contributed by atoms with Crippen LogP contribution in [0.2, 0.25) is 0 Å². The van der Waals surface area contributed by atoms with Gasteiger partial charge in [-0.05, 0) is 30.1 Å². The molecule has 0 saturated carbocycles. The van der Waals surface area contributed by atoms with Crippen LogP contribution >= 0.6 is 11.8 Å². The molecule has 0 amide bonds. The van der Waals surface area contributed by atoms with Gasteiger partial charge in [0.1, 0.15) is 0 Å². The first kappa shape index (κ1) is 13.0. The minimum Gasteiger partial charge on any atom is -0.478 e. The summed E-state index contributed by atoms with van der Waals surface area (Å²) in [5.74, 6) is 1.31. The van der Waals surface area contributed by atoms with Gasteiger partial charge in [0.2, 0.25) is 0 Å². The van der Waals surface area contributed by atoms with Gasteiger partial charge in [0.15, 0.2) is 0 Å². The van der Waals surface area contributed by atoms with E-state index in [4.69, 9.17) is 0 Å². The molecule has 0 fully saturated rings. The number of carbonyl (C=O) groups is 1. The van der Waals surface area contributed by atoms with Crippen LogP contribution in [0.3, 0.4) is 0 Å². The van der Waals surface area contributed by atoms with Crippen molar-refractivity contribution in [1.29, 1.82) is 0 Å². The van der Waals surface area contributed by atoms with Gasteiger partial charge < -0.3 is 9.67 Å². The smallest absolute Gasteiger partial charge is 0.337 e. The van der Waals surface area contributed by atoms with Crippen LogP contribution in [0.4, 0.5) is 0 Å². The van der Waals surface area contributed by atoms with Crippen LogP contribution in [0.25, 0.3) is 11.0 Å². The highest BCUT2D eigenvalue weighted by atomic mass is 32.2. The minimum atomic E-state index is -0.898. The zero-order valence-electron chi connectivity index (χ0n) is 10.3. The van der Waals surface area contributed by atoms with Gasteiger partial charge in [-0.1, -0.05) is 13.0 Å². The largest absolute Gasteiger partial charge is 0.478 e. The molecular formula is C13H16N2O2S. The van der Waals surface area contributed by atoms with Crippen LogP contribution in [0.5, 0.6) is 0 Å². The second-order valence-corrected chi connectivity index (χ2v) is 5.36. The van der Waals surface area contributed by atoms with Gasteiger partial charge in [-0.3, -0.25) is 0 Å². The first-order valence-corrected chi connectivity index (χ1v) is 7.14. The number of thioether (sulfide) groups is 1. The molecule has 0 aliphatic rings. The fourth-order valence-corrected chi connectivity index (χ4v) is 2.57. The van der Waals surface area contributed by atoms with Gasteiger partial charge in [0, 0.05) is 6.54 Å². The van der Waals surface area contributed by atoms with E-state index in [-0.39, 0.29) is 0 Å². The van der Waals surface area contributed by atoms with Gasteiger partial charge in [-0.2, -0.15) is 11.8 Å². The topological polar surface area (TPSA) is 55.1 Å². The zero-order chi connectivity index (χ0) is 13.0. The molecule has 18 heavy (non-hydrogen) atoms. The molecular weight excluding hydrogens is 248 g/mol. The Hall–Kier alpha value is -1.49. The monoisotopic (exact) mass is 264 g/mol. The molecule has 0 unspecified atom stereocenters. The van der Waals surface area contributed by atoms with Crippen LogP contribution < -0.4 is 0 Å². The standard InChI is InChI=1S/C13H16N2O2S/c1-2-18-8-4-7-15-9-14-11-6-3-5-10(12(11)15)13(16)17/h3,5-6,9H,2,4,7-8H2,1H3,(H,16,17). The first-order valence-electron chi connectivity index (χ1n) is 5.99. The van der Waals surface area contributed by atoms with Gasteiger partial charge in [-0.25, -0.2) is 9.78 Å². The van der Waals surface area contributed by atoms with E-state index >= 15 is 0 Å². The normalized spacial score (nSPS) is 10.9. The van der Waals surface area contributed by atoms with E-state index in [1.165, 1.54) is 0 Å². The Balaban J connectivity index is 2.25. The summed E-state index contributed by atoms with van der Waals surface area (Å²) in [5, 5.41) is 9.19. The van der Waals surface area contributed by atoms with Gasteiger partial charge in [-0.15, -0.1) is 0 Å². The molecule has 0 atom stereocenters. The van der Waals surface area contributed by atoms with Crippen LogP contribution in [0.15, 0.2) is 24.5 Å². The van der Waals surface area contributed by atoms with Crippen molar-refractivity contribution >= 4 is 28.8 Å². The predicted octanol–water partition coefficient (Wildman–Crippen LogP) is 2.88. The number of aryl methyl sites for hydroxylation is 1. The van der Waals surface area contributed by atoms with Gasteiger partial charge >= 0.3 is 5.97 Å². The summed E-state index contributed by atoms with van der Waals surface area (Å²) in [7, 11) is 0. The molecule has 0 spiro atoms. The van der Waals surface area contributed by atoms with Crippen molar-refractivity contribution in [2.75, 3.05) is 11.5 Å². The van der Waals surface area contributed by atoms with Crippen LogP contribution in [-0.4, -0.2) is 32.1 Å². The number of hydrogen-bond acceptors (Lipinski definition) is 3. The molecule has 2 rings (SSSR count). The summed E-state index contributed by atoms with van der Waals surface area (Å²) < 4.78 is 1.94. The fraction of sp³-hybridized carbons (Fsp3) is 0.385. The molecule has 1 N–H and O–H groups in total. The molecule has 5 heteroatoms. The number of imidazole rings is 1. The summed E-state index contributed by atoms with van der Waals surface area (Å²) in [6.45, 7) is 2.95. The number of nitrogens with zero attached hydrogens (tertiary/aromatic N) is 2. The summed E-state index contributed by atoms with van der Waals surface area (Å²) in [6.07, 6.45) is 2.76. The maximum absolute atomic E-state index is 11.2. The minimum absolute atomic E-state index is 0.327. The molecule has 1 aromatic carbocycles. The van der Waals surface area contributed by atoms with Crippen LogP contribution in [0, 0.1) is 0 Å². The molecule has 0 saturated heterocycles. The van der Waals surface area contributed by atoms with Crippen LogP contribution in [0.1, 0.15) is 23.7 Å². The Morgan fingerprint density at radius 2 is 2.33 bits per heavy atom. The predicted molar refractivity (Wildman–Crippen MR) is 74.3 cm³/mol. The number of aromatic carboxylic acids is 1. The summed E-state index contributed by atoms with van der Waals surface area (Å²) >= 11 is 1.90. The second kappa shape index (κ2) is 5.91. The Kier molecular flexibility index (Phi) is 4.25. The van der Waals surface area contributed by atoms with E-state index in [0.29, 0.717) is 5.56 Å². The number of rotatable bonds is 6. The summed E-state index contributed by atoms with van der Waals surface area (Å²) in [4.78, 5) is 15.4. The lowest BCUT2D eigenvalue weighted by molar-refractivity contribution is 0.0698. The number of fused-ring (bicyclic) bond motifs is 1. The quantitative estimate of drug-likeness (QED) is 0.815. The van der Waals surface area contributed by atoms with Crippen molar-refractivity contribution < 1.29 is 9.90 Å². The first-order chi connectivity index (χ1) is 8.74. The van der Waals surface area contributed by atoms with Gasteiger partial charge in [0.05, 0.1) is 22.9 Å². The Morgan fingerprint density at radius 3 is 3.06 bits per heavy atom. The Morgan fingerprint density at radius 1 is 1.50 bits per heavy atom. The van der Waals surface area contributed by atoms with E-state index in [9.17, 15) is 9.90 Å². The molecule has 0 bridgehead atoms. The van der Waals surface area contributed by atoms with Crippen molar-refractivity contribution in [3.05, 3.63) is 30.1 Å². The van der Waals surface area contributed by atoms with Crippen molar-refractivity contribution in [3.63, 3.8) is 0 Å². The van der Waals surface area contributed by atoms with Crippen molar-refractivity contribution in [2.24, 2.45) is 0 Å². The van der Waals surface area contributed by atoms with E-state index in [0.717, 1.165) is 35.5 Å². The van der Waals surface area contributed by atoms with E-state index < -0.39 is 5.97 Å². The lowest BCUT2D eigenvalue weighted by Gasteiger charge is -2.06. The molecule has 2 aromatic rings. The van der Waals surface area contributed by atoms with Gasteiger partial charge in [0.25, 0.3) is 0 Å². The number of carboxylic acids is 1. The maximum atomic E-state index is 11.2. The molecule has 4 nitrogen and oxygen atoms in total. The molecule has 1 heterocycles. The third-order valence-corrected chi connectivity index (χ3v) is 3.75. The summed E-state index contributed by atoms with van der Waals surface area (Å²) in [6, 6.07) is 5.21. The third kappa shape index (κ3) is 2.67. The molecule has 1 aromatic heterocycles. The fourth-order valence-electron chi connectivity index (χ4n) is 1.95. The molecule has 0 radical (unpaired) electrons. The number of aromatic nitrogens is 2. The second-order valence-electron chi connectivity index (χ2n) is 3.97. The zero-order valence-corrected chi connectivity index (χ0v) is 11.1. The number of benzene rings is 1. The third-order valence-electron chi connectivity index (χ3n) is 2.76. The molecule has 96 valence electrons. The Bertz CT molecular complexity index is 551. The van der Waals surface area contributed by atoms with Crippen molar-refractivity contribution in [2.45, 2.75) is 19.9 Å². The number of carboxylic acid groups (broad SMARTS) is 1. The van der Waals surface area contributed by atoms with Crippen molar-refractivity contribution in [3.8, 4) is 0 Å². The lowest BCUT2D eigenvalue weighted by Crippen LogP contribution is -2.03. The van der Waals surface area contributed by atoms with Crippen molar-refractivity contribution in [1.82, 2.24) is 9.55 Å². The summed E-state index contributed by atoms with van der Waals surface area (Å²) in [5.41, 5.74) is 1.80. The van der Waals surface area contributed by atoms with E-state index in [1.54, 1.807) is 18.5 Å². The maximum Gasteiger partial charge on any atom is 0.337 e. The average molecular weight is 264 g/mol. The highest BCUT2D eigenvalue weighted by molar-refractivity contribution is 7.99. The van der Waals surface area contributed by atoms with E-state index in [2.05, 4.69) is 11.9 Å². The SMILES string of the molecule is CCSCCCn1cnc2cccc(C(=O)O)c21. The average Bonchev–Trinajstić information content (AvgIpc) is 2.77.